The fourth-order valence-electron chi connectivity index (χ4n) is 1.70. The highest BCUT2D eigenvalue weighted by Gasteiger charge is 2.19. The van der Waals surface area contributed by atoms with Crippen LogP contribution in [0.2, 0.25) is 0 Å². The normalized spacial score (nSPS) is 12.1. The first-order chi connectivity index (χ1) is 10.1. The maximum Gasteiger partial charge on any atom is 0.326 e. The Kier molecular flexibility index (Phi) is 7.81. The van der Waals surface area contributed by atoms with Crippen molar-refractivity contribution >= 4 is 23.6 Å². The number of hydrogen-bond acceptors (Lipinski definition) is 6. The number of rotatable bonds is 10. The molecule has 0 aliphatic heterocycles. The van der Waals surface area contributed by atoms with E-state index in [1.807, 2.05) is 13.2 Å². The lowest BCUT2D eigenvalue weighted by molar-refractivity contribution is -0.141. The number of aromatic nitrogens is 2. The summed E-state index contributed by atoms with van der Waals surface area (Å²) in [5, 5.41) is 15.3. The number of nitrogens with one attached hydrogen (secondary N) is 1. The van der Waals surface area contributed by atoms with Crippen LogP contribution in [0.25, 0.3) is 0 Å². The highest BCUT2D eigenvalue weighted by Crippen LogP contribution is 2.05. The van der Waals surface area contributed by atoms with Gasteiger partial charge in [0.2, 0.25) is 11.8 Å². The lowest BCUT2D eigenvalue weighted by Gasteiger charge is -2.13. The van der Waals surface area contributed by atoms with Gasteiger partial charge < -0.3 is 14.9 Å². The first-order valence-electron chi connectivity index (χ1n) is 6.89. The molecule has 21 heavy (non-hydrogen) atoms. The van der Waals surface area contributed by atoms with Crippen molar-refractivity contribution in [3.63, 3.8) is 0 Å². The van der Waals surface area contributed by atoms with Gasteiger partial charge in [-0.3, -0.25) is 4.79 Å². The van der Waals surface area contributed by atoms with E-state index in [1.54, 1.807) is 11.8 Å². The molecule has 0 unspecified atom stereocenters. The van der Waals surface area contributed by atoms with Crippen LogP contribution in [0.5, 0.6) is 0 Å². The van der Waals surface area contributed by atoms with Crippen LogP contribution < -0.4 is 5.32 Å². The van der Waals surface area contributed by atoms with Gasteiger partial charge in [-0.2, -0.15) is 16.7 Å². The maximum atomic E-state index is 11.8. The smallest absolute Gasteiger partial charge is 0.326 e. The molecule has 0 aromatic carbocycles. The molecule has 0 fully saturated rings. The van der Waals surface area contributed by atoms with Crippen molar-refractivity contribution < 1.29 is 19.2 Å². The Balaban J connectivity index is 2.39. The van der Waals surface area contributed by atoms with Crippen LogP contribution in [0.3, 0.4) is 0 Å². The number of carbonyl (C=O) groups is 2. The number of carboxylic acids is 1. The molecule has 1 heterocycles. The van der Waals surface area contributed by atoms with E-state index in [4.69, 9.17) is 9.63 Å². The zero-order chi connectivity index (χ0) is 15.7. The van der Waals surface area contributed by atoms with E-state index < -0.39 is 12.0 Å². The number of hydrogen-bond donors (Lipinski definition) is 2. The first-order valence-corrected chi connectivity index (χ1v) is 8.28. The molecular weight excluding hydrogens is 294 g/mol. The molecule has 8 heteroatoms. The average molecular weight is 315 g/mol. The van der Waals surface area contributed by atoms with Crippen molar-refractivity contribution in [3.8, 4) is 0 Å². The number of thioether (sulfide) groups is 1. The van der Waals surface area contributed by atoms with E-state index in [2.05, 4.69) is 15.5 Å². The van der Waals surface area contributed by atoms with Gasteiger partial charge >= 0.3 is 5.97 Å². The van der Waals surface area contributed by atoms with Crippen molar-refractivity contribution in [1.29, 1.82) is 0 Å². The molecule has 2 N–H and O–H groups in total. The summed E-state index contributed by atoms with van der Waals surface area (Å²) in [7, 11) is 0. The Hall–Kier alpha value is -1.57. The Labute approximate surface area is 127 Å². The predicted molar refractivity (Wildman–Crippen MR) is 79.2 cm³/mol. The monoisotopic (exact) mass is 315 g/mol. The fraction of sp³-hybridized carbons (Fsp3) is 0.692. The van der Waals surface area contributed by atoms with Crippen molar-refractivity contribution in [1.82, 2.24) is 15.5 Å². The molecule has 0 saturated heterocycles. The summed E-state index contributed by atoms with van der Waals surface area (Å²) in [6, 6.07) is -0.844. The van der Waals surface area contributed by atoms with Gasteiger partial charge in [-0.05, 0) is 24.9 Å². The minimum absolute atomic E-state index is 0.136. The molecule has 0 aliphatic rings. The highest BCUT2D eigenvalue weighted by atomic mass is 32.2. The van der Waals surface area contributed by atoms with E-state index >= 15 is 0 Å². The van der Waals surface area contributed by atoms with Crippen molar-refractivity contribution in [2.45, 2.75) is 45.1 Å². The second-order valence-electron chi connectivity index (χ2n) is 4.59. The topological polar surface area (TPSA) is 105 Å². The van der Waals surface area contributed by atoms with Crippen LogP contribution in [0.1, 0.15) is 37.9 Å². The Morgan fingerprint density at radius 3 is 2.81 bits per heavy atom. The van der Waals surface area contributed by atoms with Crippen LogP contribution in [0, 0.1) is 0 Å². The van der Waals surface area contributed by atoms with E-state index in [1.165, 1.54) is 0 Å². The van der Waals surface area contributed by atoms with Crippen LogP contribution in [-0.2, 0) is 22.4 Å². The molecule has 1 amide bonds. The summed E-state index contributed by atoms with van der Waals surface area (Å²) in [6.45, 7) is 2.02. The molecule has 1 aromatic rings. The van der Waals surface area contributed by atoms with E-state index in [0.717, 1.165) is 12.8 Å². The third-order valence-electron chi connectivity index (χ3n) is 2.79. The summed E-state index contributed by atoms with van der Waals surface area (Å²) < 4.78 is 5.02. The predicted octanol–water partition coefficient (Wildman–Crippen LogP) is 1.28. The molecular formula is C13H21N3O4S. The summed E-state index contributed by atoms with van der Waals surface area (Å²) in [6.07, 6.45) is 4.42. The van der Waals surface area contributed by atoms with Gasteiger partial charge in [0.25, 0.3) is 0 Å². The lowest BCUT2D eigenvalue weighted by atomic mass is 10.2. The zero-order valence-corrected chi connectivity index (χ0v) is 13.1. The molecule has 0 bridgehead atoms. The Morgan fingerprint density at radius 1 is 1.43 bits per heavy atom. The molecule has 1 rings (SSSR count). The lowest BCUT2D eigenvalue weighted by Crippen LogP contribution is -2.41. The van der Waals surface area contributed by atoms with Gasteiger partial charge in [-0.25, -0.2) is 4.79 Å². The van der Waals surface area contributed by atoms with Gasteiger partial charge in [0.05, 0.1) is 0 Å². The molecule has 1 aromatic heterocycles. The van der Waals surface area contributed by atoms with Crippen molar-refractivity contribution in [2.75, 3.05) is 12.0 Å². The number of carbonyl (C=O) groups excluding carboxylic acids is 1. The van der Waals surface area contributed by atoms with Crippen LogP contribution in [0.4, 0.5) is 0 Å². The highest BCUT2D eigenvalue weighted by molar-refractivity contribution is 7.98. The minimum atomic E-state index is -1.01. The maximum absolute atomic E-state index is 11.8. The Morgan fingerprint density at radius 2 is 2.19 bits per heavy atom. The number of amides is 1. The van der Waals surface area contributed by atoms with Gasteiger partial charge in [-0.15, -0.1) is 0 Å². The first kappa shape index (κ1) is 17.5. The van der Waals surface area contributed by atoms with Crippen LogP contribution >= 0.6 is 11.8 Å². The molecule has 1 atom stereocenters. The van der Waals surface area contributed by atoms with Gasteiger partial charge in [0.1, 0.15) is 6.04 Å². The molecule has 7 nitrogen and oxygen atoms in total. The zero-order valence-electron chi connectivity index (χ0n) is 12.3. The SMILES string of the molecule is CCCc1noc(CCC(=O)N[C@@H](CCSC)C(=O)O)n1. The molecule has 0 saturated carbocycles. The second-order valence-corrected chi connectivity index (χ2v) is 5.58. The van der Waals surface area contributed by atoms with Crippen LogP contribution in [0.15, 0.2) is 4.52 Å². The minimum Gasteiger partial charge on any atom is -0.480 e. The molecule has 0 aliphatic carbocycles. The summed E-state index contributed by atoms with van der Waals surface area (Å²) in [5.74, 6) is 0.390. The van der Waals surface area contributed by atoms with Gasteiger partial charge in [0.15, 0.2) is 5.82 Å². The second kappa shape index (κ2) is 9.38. The van der Waals surface area contributed by atoms with Crippen molar-refractivity contribution in [3.05, 3.63) is 11.7 Å². The van der Waals surface area contributed by atoms with Crippen LogP contribution in [-0.4, -0.2) is 45.2 Å². The standard InChI is InChI=1S/C13H21N3O4S/c1-3-4-10-15-12(20-16-10)6-5-11(17)14-9(13(18)19)7-8-21-2/h9H,3-8H2,1-2H3,(H,14,17)(H,18,19)/t9-/m0/s1. The molecule has 0 radical (unpaired) electrons. The largest absolute Gasteiger partial charge is 0.480 e. The number of aliphatic carboxylic acids is 1. The Bertz CT molecular complexity index is 464. The summed E-state index contributed by atoms with van der Waals surface area (Å²) >= 11 is 1.54. The van der Waals surface area contributed by atoms with Crippen molar-refractivity contribution in [2.24, 2.45) is 0 Å². The summed E-state index contributed by atoms with van der Waals surface area (Å²) in [5.41, 5.74) is 0. The quantitative estimate of drug-likeness (QED) is 0.670. The van der Waals surface area contributed by atoms with E-state index in [0.29, 0.717) is 30.3 Å². The number of aryl methyl sites for hydroxylation is 2. The van der Waals surface area contributed by atoms with Gasteiger partial charge in [-0.1, -0.05) is 12.1 Å². The summed E-state index contributed by atoms with van der Waals surface area (Å²) in [4.78, 5) is 26.9. The van der Waals surface area contributed by atoms with E-state index in [9.17, 15) is 9.59 Å². The number of carboxylic acid groups (broad SMARTS) is 1. The third kappa shape index (κ3) is 6.61. The third-order valence-corrected chi connectivity index (χ3v) is 3.44. The fourth-order valence-corrected chi connectivity index (χ4v) is 2.17. The molecule has 118 valence electrons. The number of nitrogens with zero attached hydrogens (tertiary/aromatic N) is 2. The van der Waals surface area contributed by atoms with E-state index in [-0.39, 0.29) is 12.3 Å². The average Bonchev–Trinajstić information content (AvgIpc) is 2.89. The van der Waals surface area contributed by atoms with Gasteiger partial charge in [0, 0.05) is 19.3 Å². The molecule has 0 spiro atoms.